The van der Waals surface area contributed by atoms with Crippen LogP contribution in [0.2, 0.25) is 0 Å². The number of nitrogens with zero attached hydrogens (tertiary/aromatic N) is 5. The molecule has 2 amide bonds. The summed E-state index contributed by atoms with van der Waals surface area (Å²) in [5.41, 5.74) is 1.23. The summed E-state index contributed by atoms with van der Waals surface area (Å²) in [5.74, 6) is 0.844. The zero-order valence-corrected chi connectivity index (χ0v) is 15.9. The molecule has 144 valence electrons. The van der Waals surface area contributed by atoms with Crippen LogP contribution in [0.4, 0.5) is 11.5 Å². The van der Waals surface area contributed by atoms with Crippen molar-refractivity contribution in [3.05, 3.63) is 54.2 Å². The third kappa shape index (κ3) is 4.65. The molecule has 2 aromatic rings. The number of carbonyl (C=O) groups is 2. The van der Waals surface area contributed by atoms with Crippen LogP contribution in [0.3, 0.4) is 0 Å². The predicted molar refractivity (Wildman–Crippen MR) is 107 cm³/mol. The van der Waals surface area contributed by atoms with Crippen molar-refractivity contribution in [2.24, 2.45) is 0 Å². The molecule has 1 aliphatic rings. The van der Waals surface area contributed by atoms with E-state index in [1.165, 1.54) is 6.92 Å². The van der Waals surface area contributed by atoms with E-state index in [0.29, 0.717) is 30.9 Å². The van der Waals surface area contributed by atoms with Crippen LogP contribution in [-0.4, -0.2) is 54.4 Å². The Morgan fingerprint density at radius 3 is 2.39 bits per heavy atom. The lowest BCUT2D eigenvalue weighted by molar-refractivity contribution is -0.131. The first-order valence-corrected chi connectivity index (χ1v) is 9.30. The molecular weight excluding hydrogens is 354 g/mol. The average Bonchev–Trinajstić information content (AvgIpc) is 2.74. The number of rotatable bonds is 5. The number of hydrogen-bond acceptors (Lipinski definition) is 5. The Hall–Kier alpha value is -3.40. The largest absolute Gasteiger partial charge is 0.353 e. The van der Waals surface area contributed by atoms with Crippen molar-refractivity contribution >= 4 is 23.3 Å². The molecule has 0 N–H and O–H groups in total. The van der Waals surface area contributed by atoms with Crippen LogP contribution in [0.1, 0.15) is 18.9 Å². The fourth-order valence-corrected chi connectivity index (χ4v) is 3.28. The van der Waals surface area contributed by atoms with E-state index in [4.69, 9.17) is 5.26 Å². The molecule has 1 aliphatic heterocycles. The van der Waals surface area contributed by atoms with E-state index < -0.39 is 0 Å². The van der Waals surface area contributed by atoms with Crippen LogP contribution < -0.4 is 9.80 Å². The SMILES string of the molecule is CC(=O)N(CCC(=O)N1CCN(c2ccccn2)CC1)c1ccc(C#N)cc1. The Balaban J connectivity index is 1.54. The fourth-order valence-electron chi connectivity index (χ4n) is 3.28. The summed E-state index contributed by atoms with van der Waals surface area (Å²) in [5, 5.41) is 8.90. The first-order chi connectivity index (χ1) is 13.6. The molecular formula is C21H23N5O2. The third-order valence-electron chi connectivity index (χ3n) is 4.84. The van der Waals surface area contributed by atoms with Crippen molar-refractivity contribution < 1.29 is 9.59 Å². The van der Waals surface area contributed by atoms with Crippen LogP contribution in [0.5, 0.6) is 0 Å². The summed E-state index contributed by atoms with van der Waals surface area (Å²) in [6.07, 6.45) is 2.04. The lowest BCUT2D eigenvalue weighted by atomic mass is 10.2. The summed E-state index contributed by atoms with van der Waals surface area (Å²) in [6, 6.07) is 14.7. The third-order valence-corrected chi connectivity index (χ3v) is 4.84. The molecule has 7 nitrogen and oxygen atoms in total. The van der Waals surface area contributed by atoms with Crippen LogP contribution >= 0.6 is 0 Å². The molecule has 0 bridgehead atoms. The van der Waals surface area contributed by atoms with E-state index in [1.807, 2.05) is 23.1 Å². The molecule has 1 saturated heterocycles. The normalized spacial score (nSPS) is 13.7. The highest BCUT2D eigenvalue weighted by atomic mass is 16.2. The molecule has 0 spiro atoms. The van der Waals surface area contributed by atoms with Crippen molar-refractivity contribution in [3.8, 4) is 6.07 Å². The molecule has 0 unspecified atom stereocenters. The van der Waals surface area contributed by atoms with Gasteiger partial charge in [-0.3, -0.25) is 9.59 Å². The van der Waals surface area contributed by atoms with E-state index in [9.17, 15) is 9.59 Å². The van der Waals surface area contributed by atoms with Gasteiger partial charge in [-0.15, -0.1) is 0 Å². The molecule has 0 radical (unpaired) electrons. The number of piperazine rings is 1. The van der Waals surface area contributed by atoms with Gasteiger partial charge in [-0.1, -0.05) is 6.07 Å². The van der Waals surface area contributed by atoms with Gasteiger partial charge in [-0.25, -0.2) is 4.98 Å². The van der Waals surface area contributed by atoms with E-state index in [-0.39, 0.29) is 18.2 Å². The van der Waals surface area contributed by atoms with Gasteiger partial charge in [0.15, 0.2) is 0 Å². The standard InChI is InChI=1S/C21H23N5O2/c1-17(27)26(19-7-5-18(16-22)6-8-19)11-9-21(28)25-14-12-24(13-15-25)20-4-2-3-10-23-20/h2-8,10H,9,11-15H2,1H3. The highest BCUT2D eigenvalue weighted by Gasteiger charge is 2.22. The van der Waals surface area contributed by atoms with Crippen molar-refractivity contribution in [1.82, 2.24) is 9.88 Å². The van der Waals surface area contributed by atoms with Crippen LogP contribution in [-0.2, 0) is 9.59 Å². The number of aromatic nitrogens is 1. The van der Waals surface area contributed by atoms with Gasteiger partial charge >= 0.3 is 0 Å². The molecule has 1 fully saturated rings. The summed E-state index contributed by atoms with van der Waals surface area (Å²) in [7, 11) is 0. The van der Waals surface area contributed by atoms with E-state index in [0.717, 1.165) is 18.9 Å². The molecule has 1 aromatic heterocycles. The zero-order valence-electron chi connectivity index (χ0n) is 15.9. The first-order valence-electron chi connectivity index (χ1n) is 9.30. The number of hydrogen-bond donors (Lipinski definition) is 0. The molecule has 3 rings (SSSR count). The van der Waals surface area contributed by atoms with Gasteiger partial charge in [0, 0.05) is 58.0 Å². The average molecular weight is 377 g/mol. The van der Waals surface area contributed by atoms with Gasteiger partial charge in [0.25, 0.3) is 0 Å². The lowest BCUT2D eigenvalue weighted by Crippen LogP contribution is -2.49. The Bertz CT molecular complexity index is 853. The number of anilines is 2. The Morgan fingerprint density at radius 1 is 1.11 bits per heavy atom. The first kappa shape index (κ1) is 19.4. The second kappa shape index (κ2) is 9.00. The topological polar surface area (TPSA) is 80.5 Å². The van der Waals surface area contributed by atoms with Gasteiger partial charge in [-0.05, 0) is 36.4 Å². The quantitative estimate of drug-likeness (QED) is 0.797. The highest BCUT2D eigenvalue weighted by molar-refractivity contribution is 5.92. The number of amides is 2. The predicted octanol–water partition coefficient (Wildman–Crippen LogP) is 2.05. The van der Waals surface area contributed by atoms with Crippen LogP contribution in [0.25, 0.3) is 0 Å². The Kier molecular flexibility index (Phi) is 6.22. The van der Waals surface area contributed by atoms with Gasteiger partial charge in [0.05, 0.1) is 11.6 Å². The van der Waals surface area contributed by atoms with Crippen molar-refractivity contribution in [1.29, 1.82) is 5.26 Å². The van der Waals surface area contributed by atoms with E-state index in [2.05, 4.69) is 16.0 Å². The molecule has 28 heavy (non-hydrogen) atoms. The minimum absolute atomic E-state index is 0.0422. The van der Waals surface area contributed by atoms with Crippen LogP contribution in [0.15, 0.2) is 48.7 Å². The molecule has 0 atom stereocenters. The second-order valence-corrected chi connectivity index (χ2v) is 6.64. The zero-order chi connectivity index (χ0) is 19.9. The molecule has 0 aliphatic carbocycles. The molecule has 0 saturated carbocycles. The lowest BCUT2D eigenvalue weighted by Gasteiger charge is -2.35. The van der Waals surface area contributed by atoms with Gasteiger partial charge in [0.1, 0.15) is 5.82 Å². The molecule has 7 heteroatoms. The van der Waals surface area contributed by atoms with Crippen molar-refractivity contribution in [2.45, 2.75) is 13.3 Å². The minimum Gasteiger partial charge on any atom is -0.353 e. The second-order valence-electron chi connectivity index (χ2n) is 6.64. The minimum atomic E-state index is -0.127. The smallest absolute Gasteiger partial charge is 0.224 e. The maximum atomic E-state index is 12.6. The van der Waals surface area contributed by atoms with E-state index in [1.54, 1.807) is 35.4 Å². The Labute approximate surface area is 164 Å². The van der Waals surface area contributed by atoms with E-state index >= 15 is 0 Å². The number of nitriles is 1. The summed E-state index contributed by atoms with van der Waals surface area (Å²) < 4.78 is 0. The van der Waals surface area contributed by atoms with Gasteiger partial charge < -0.3 is 14.7 Å². The highest BCUT2D eigenvalue weighted by Crippen LogP contribution is 2.17. The fraction of sp³-hybridized carbons (Fsp3) is 0.333. The number of carbonyl (C=O) groups excluding carboxylic acids is 2. The van der Waals surface area contributed by atoms with Crippen molar-refractivity contribution in [3.63, 3.8) is 0 Å². The maximum Gasteiger partial charge on any atom is 0.224 e. The maximum absolute atomic E-state index is 12.6. The summed E-state index contributed by atoms with van der Waals surface area (Å²) in [4.78, 5) is 34.6. The number of pyridine rings is 1. The number of benzene rings is 1. The summed E-state index contributed by atoms with van der Waals surface area (Å²) in [6.45, 7) is 4.58. The van der Waals surface area contributed by atoms with Crippen LogP contribution in [0, 0.1) is 11.3 Å². The van der Waals surface area contributed by atoms with Gasteiger partial charge in [0.2, 0.25) is 11.8 Å². The van der Waals surface area contributed by atoms with Gasteiger partial charge in [-0.2, -0.15) is 5.26 Å². The molecule has 1 aromatic carbocycles. The molecule has 2 heterocycles. The van der Waals surface area contributed by atoms with Crippen molar-refractivity contribution in [2.75, 3.05) is 42.5 Å². The summed E-state index contributed by atoms with van der Waals surface area (Å²) >= 11 is 0. The Morgan fingerprint density at radius 2 is 1.82 bits per heavy atom. The monoisotopic (exact) mass is 377 g/mol.